The molecule has 29 heavy (non-hydrogen) atoms. The van der Waals surface area contributed by atoms with Gasteiger partial charge in [-0.25, -0.2) is 0 Å². The zero-order valence-electron chi connectivity index (χ0n) is 16.1. The number of ether oxygens (including phenoxy) is 1. The molecule has 0 saturated carbocycles. The third-order valence-electron chi connectivity index (χ3n) is 4.57. The Morgan fingerprint density at radius 3 is 2.38 bits per heavy atom. The number of amides is 2. The maximum absolute atomic E-state index is 13.1. The van der Waals surface area contributed by atoms with Gasteiger partial charge in [-0.2, -0.15) is 5.26 Å². The molecule has 0 unspecified atom stereocenters. The average Bonchev–Trinajstić information content (AvgIpc) is 2.75. The summed E-state index contributed by atoms with van der Waals surface area (Å²) in [5.41, 5.74) is 2.28. The molecule has 1 aliphatic rings. The number of nitrogens with zero attached hydrogens (tertiary/aromatic N) is 2. The van der Waals surface area contributed by atoms with Crippen LogP contribution < -0.4 is 4.74 Å². The number of nitriles is 1. The smallest absolute Gasteiger partial charge is 0.271 e. The van der Waals surface area contributed by atoms with Crippen LogP contribution in [-0.2, 0) is 16.1 Å². The van der Waals surface area contributed by atoms with Gasteiger partial charge in [0.15, 0.2) is 0 Å². The predicted octanol–water partition coefficient (Wildman–Crippen LogP) is 4.04. The molecular weight excluding hydrogens is 364 g/mol. The molecule has 5 nitrogen and oxygen atoms in total. The molecule has 0 N–H and O–H groups in total. The zero-order chi connectivity index (χ0) is 20.8. The average molecular weight is 384 g/mol. The summed E-state index contributed by atoms with van der Waals surface area (Å²) >= 11 is 0. The van der Waals surface area contributed by atoms with E-state index in [0.717, 1.165) is 16.0 Å². The molecule has 0 bridgehead atoms. The summed E-state index contributed by atoms with van der Waals surface area (Å²) in [5, 5.41) is 9.49. The lowest BCUT2D eigenvalue weighted by Crippen LogP contribution is -2.42. The molecule has 0 spiro atoms. The molecule has 0 radical (unpaired) electrons. The molecule has 2 aromatic rings. The van der Waals surface area contributed by atoms with Crippen LogP contribution in [0.3, 0.4) is 0 Å². The number of hydrogen-bond donors (Lipinski definition) is 0. The number of benzene rings is 2. The van der Waals surface area contributed by atoms with Gasteiger partial charge in [-0.15, -0.1) is 0 Å². The summed E-state index contributed by atoms with van der Waals surface area (Å²) < 4.78 is 5.46. The molecule has 0 atom stereocenters. The first-order valence-corrected chi connectivity index (χ1v) is 9.12. The van der Waals surface area contributed by atoms with Crippen LogP contribution in [0.1, 0.15) is 18.1 Å². The van der Waals surface area contributed by atoms with Crippen molar-refractivity contribution in [2.45, 2.75) is 13.5 Å². The van der Waals surface area contributed by atoms with Crippen molar-refractivity contribution in [1.82, 2.24) is 4.90 Å². The van der Waals surface area contributed by atoms with Gasteiger partial charge in [0.2, 0.25) is 0 Å². The van der Waals surface area contributed by atoms with Gasteiger partial charge in [-0.3, -0.25) is 14.5 Å². The molecule has 0 aliphatic carbocycles. The van der Waals surface area contributed by atoms with E-state index in [9.17, 15) is 14.9 Å². The maximum Gasteiger partial charge on any atom is 0.271 e. The standard InChI is InChI=1S/C24H20N2O3/c1-3-13-29-20-11-9-18(10-12-20)14-21-17(2)22(15-25)24(28)26(23(21)27)16-19-7-5-4-6-8-19/h3-12,14H,1,13,16H2,2H3/b21-14+. The first kappa shape index (κ1) is 19.8. The van der Waals surface area contributed by atoms with E-state index in [1.807, 2.05) is 48.5 Å². The van der Waals surface area contributed by atoms with Gasteiger partial charge in [0.1, 0.15) is 24.0 Å². The highest BCUT2D eigenvalue weighted by Crippen LogP contribution is 2.28. The Morgan fingerprint density at radius 1 is 1.07 bits per heavy atom. The summed E-state index contributed by atoms with van der Waals surface area (Å²) in [7, 11) is 0. The molecular formula is C24H20N2O3. The number of carbonyl (C=O) groups excluding carboxylic acids is 2. The van der Waals surface area contributed by atoms with Gasteiger partial charge >= 0.3 is 0 Å². The minimum absolute atomic E-state index is 0.0160. The van der Waals surface area contributed by atoms with Gasteiger partial charge in [0, 0.05) is 5.57 Å². The quantitative estimate of drug-likeness (QED) is 0.428. The van der Waals surface area contributed by atoms with Crippen molar-refractivity contribution < 1.29 is 14.3 Å². The van der Waals surface area contributed by atoms with Crippen molar-refractivity contribution in [3.8, 4) is 11.8 Å². The maximum atomic E-state index is 13.1. The van der Waals surface area contributed by atoms with E-state index < -0.39 is 11.8 Å². The first-order chi connectivity index (χ1) is 14.0. The monoisotopic (exact) mass is 384 g/mol. The van der Waals surface area contributed by atoms with Crippen molar-refractivity contribution >= 4 is 17.9 Å². The Balaban J connectivity index is 1.96. The van der Waals surface area contributed by atoms with Crippen LogP contribution in [-0.4, -0.2) is 23.3 Å². The molecule has 0 saturated heterocycles. The molecule has 5 heteroatoms. The van der Waals surface area contributed by atoms with E-state index >= 15 is 0 Å². The van der Waals surface area contributed by atoms with Crippen molar-refractivity contribution in [2.75, 3.05) is 6.61 Å². The third-order valence-corrected chi connectivity index (χ3v) is 4.57. The minimum Gasteiger partial charge on any atom is -0.490 e. The van der Waals surface area contributed by atoms with Crippen molar-refractivity contribution in [3.63, 3.8) is 0 Å². The lowest BCUT2D eigenvalue weighted by atomic mass is 9.93. The van der Waals surface area contributed by atoms with Crippen LogP contribution in [0.5, 0.6) is 5.75 Å². The summed E-state index contributed by atoms with van der Waals surface area (Å²) in [6.07, 6.45) is 3.35. The molecule has 3 rings (SSSR count). The molecule has 1 aliphatic heterocycles. The van der Waals surface area contributed by atoms with Gasteiger partial charge in [0.25, 0.3) is 11.8 Å². The van der Waals surface area contributed by atoms with E-state index in [0.29, 0.717) is 23.5 Å². The molecule has 2 amide bonds. The molecule has 2 aromatic carbocycles. The van der Waals surface area contributed by atoms with Crippen molar-refractivity contribution in [3.05, 3.63) is 95.1 Å². The number of hydrogen-bond acceptors (Lipinski definition) is 4. The summed E-state index contributed by atoms with van der Waals surface area (Å²) in [4.78, 5) is 26.9. The second-order valence-electron chi connectivity index (χ2n) is 6.52. The van der Waals surface area contributed by atoms with Crippen LogP contribution in [0.25, 0.3) is 6.08 Å². The lowest BCUT2D eigenvalue weighted by molar-refractivity contribution is -0.141. The van der Waals surface area contributed by atoms with Crippen LogP contribution in [0, 0.1) is 11.3 Å². The highest BCUT2D eigenvalue weighted by Gasteiger charge is 2.35. The topological polar surface area (TPSA) is 70.4 Å². The summed E-state index contributed by atoms with van der Waals surface area (Å²) in [6.45, 7) is 5.76. The van der Waals surface area contributed by atoms with E-state index in [-0.39, 0.29) is 12.1 Å². The Bertz CT molecular complexity index is 1040. The third kappa shape index (κ3) is 4.33. The fourth-order valence-electron chi connectivity index (χ4n) is 3.02. The largest absolute Gasteiger partial charge is 0.490 e. The summed E-state index contributed by atoms with van der Waals surface area (Å²) in [5.74, 6) is -0.292. The Labute approximate surface area is 169 Å². The zero-order valence-corrected chi connectivity index (χ0v) is 16.1. The second-order valence-corrected chi connectivity index (χ2v) is 6.52. The minimum atomic E-state index is -0.566. The Morgan fingerprint density at radius 2 is 1.76 bits per heavy atom. The van der Waals surface area contributed by atoms with Crippen LogP contribution in [0.2, 0.25) is 0 Å². The van der Waals surface area contributed by atoms with E-state index in [2.05, 4.69) is 6.58 Å². The van der Waals surface area contributed by atoms with Crippen molar-refractivity contribution in [2.24, 2.45) is 0 Å². The van der Waals surface area contributed by atoms with Gasteiger partial charge in [-0.05, 0) is 41.8 Å². The SMILES string of the molecule is C=CCOc1ccc(/C=C2/C(=O)N(Cc3ccccc3)C(=O)C(C#N)=C2C)cc1. The normalized spacial score (nSPS) is 15.4. The second kappa shape index (κ2) is 8.85. The van der Waals surface area contributed by atoms with Crippen LogP contribution >= 0.6 is 0 Å². The molecule has 1 heterocycles. The molecule has 0 fully saturated rings. The van der Waals surface area contributed by atoms with Gasteiger partial charge in [-0.1, -0.05) is 55.1 Å². The van der Waals surface area contributed by atoms with Crippen LogP contribution in [0.4, 0.5) is 0 Å². The number of carbonyl (C=O) groups is 2. The predicted molar refractivity (Wildman–Crippen MR) is 110 cm³/mol. The van der Waals surface area contributed by atoms with Crippen LogP contribution in [0.15, 0.2) is 84.0 Å². The van der Waals surface area contributed by atoms with Gasteiger partial charge in [0.05, 0.1) is 6.54 Å². The van der Waals surface area contributed by atoms with E-state index in [1.165, 1.54) is 0 Å². The number of rotatable bonds is 6. The Kier molecular flexibility index (Phi) is 6.06. The fourth-order valence-corrected chi connectivity index (χ4v) is 3.02. The highest BCUT2D eigenvalue weighted by molar-refractivity contribution is 6.19. The van der Waals surface area contributed by atoms with E-state index in [4.69, 9.17) is 4.74 Å². The van der Waals surface area contributed by atoms with Gasteiger partial charge < -0.3 is 4.74 Å². The fraction of sp³-hybridized carbons (Fsp3) is 0.125. The first-order valence-electron chi connectivity index (χ1n) is 9.12. The molecule has 144 valence electrons. The van der Waals surface area contributed by atoms with E-state index in [1.54, 1.807) is 31.2 Å². The highest BCUT2D eigenvalue weighted by atomic mass is 16.5. The lowest BCUT2D eigenvalue weighted by Gasteiger charge is -2.27. The van der Waals surface area contributed by atoms with Crippen molar-refractivity contribution in [1.29, 1.82) is 5.26 Å². The summed E-state index contributed by atoms with van der Waals surface area (Å²) in [6, 6.07) is 18.4. The number of imide groups is 1. The molecule has 0 aromatic heterocycles. The Hall–Kier alpha value is -3.91.